The van der Waals surface area contributed by atoms with E-state index in [-0.39, 0.29) is 5.82 Å². The summed E-state index contributed by atoms with van der Waals surface area (Å²) in [6.45, 7) is 0. The van der Waals surface area contributed by atoms with Gasteiger partial charge in [0.05, 0.1) is 4.90 Å². The van der Waals surface area contributed by atoms with E-state index in [1.807, 2.05) is 0 Å². The summed E-state index contributed by atoms with van der Waals surface area (Å²) >= 11 is 8.53. The van der Waals surface area contributed by atoms with E-state index in [1.165, 1.54) is 6.33 Å². The quantitative estimate of drug-likeness (QED) is 0.691. The van der Waals surface area contributed by atoms with Crippen molar-refractivity contribution in [2.45, 2.75) is 9.79 Å². The lowest BCUT2D eigenvalue weighted by Gasteiger charge is -2.02. The van der Waals surface area contributed by atoms with Crippen LogP contribution in [0.3, 0.4) is 0 Å². The molecule has 0 amide bonds. The standard InChI is InChI=1S/C11H7N7S2/c19-6-2-1-3-13-8(6)10-15-17-11(18-16-10)9-7(20)4-12-5-14-9/h1-5,19-20H. The minimum Gasteiger partial charge on any atom is -0.252 e. The van der Waals surface area contributed by atoms with Crippen LogP contribution < -0.4 is 0 Å². The first-order valence-electron chi connectivity index (χ1n) is 5.47. The second-order valence-electron chi connectivity index (χ2n) is 3.67. The van der Waals surface area contributed by atoms with Crippen LogP contribution in [0.1, 0.15) is 0 Å². The average molecular weight is 301 g/mol. The lowest BCUT2D eigenvalue weighted by Crippen LogP contribution is -2.02. The summed E-state index contributed by atoms with van der Waals surface area (Å²) in [6.07, 6.45) is 4.56. The summed E-state index contributed by atoms with van der Waals surface area (Å²) < 4.78 is 0. The topological polar surface area (TPSA) is 90.2 Å². The molecule has 0 spiro atoms. The molecule has 0 unspecified atom stereocenters. The Balaban J connectivity index is 2.01. The number of nitrogens with zero attached hydrogens (tertiary/aromatic N) is 7. The molecule has 3 heterocycles. The van der Waals surface area contributed by atoms with Crippen LogP contribution in [0, 0.1) is 0 Å². The molecule has 0 radical (unpaired) electrons. The highest BCUT2D eigenvalue weighted by atomic mass is 32.1. The van der Waals surface area contributed by atoms with E-state index in [2.05, 4.69) is 60.6 Å². The highest BCUT2D eigenvalue weighted by Crippen LogP contribution is 2.21. The molecule has 20 heavy (non-hydrogen) atoms. The van der Waals surface area contributed by atoms with Crippen molar-refractivity contribution in [2.75, 3.05) is 0 Å². The van der Waals surface area contributed by atoms with Gasteiger partial charge in [0.25, 0.3) is 0 Å². The average Bonchev–Trinajstić information content (AvgIpc) is 2.49. The van der Waals surface area contributed by atoms with Crippen LogP contribution in [-0.4, -0.2) is 35.3 Å². The van der Waals surface area contributed by atoms with Gasteiger partial charge in [-0.25, -0.2) is 9.97 Å². The van der Waals surface area contributed by atoms with Gasteiger partial charge in [-0.2, -0.15) is 0 Å². The Bertz CT molecular complexity index is 683. The highest BCUT2D eigenvalue weighted by molar-refractivity contribution is 7.80. The van der Waals surface area contributed by atoms with Crippen molar-refractivity contribution in [2.24, 2.45) is 0 Å². The molecule has 3 aromatic rings. The highest BCUT2D eigenvalue weighted by Gasteiger charge is 2.12. The monoisotopic (exact) mass is 301 g/mol. The molecule has 0 N–H and O–H groups in total. The van der Waals surface area contributed by atoms with Gasteiger partial charge in [-0.1, -0.05) is 0 Å². The van der Waals surface area contributed by atoms with Crippen molar-refractivity contribution >= 4 is 25.3 Å². The maximum Gasteiger partial charge on any atom is 0.223 e. The summed E-state index contributed by atoms with van der Waals surface area (Å²) in [7, 11) is 0. The minimum atomic E-state index is 0.276. The zero-order valence-electron chi connectivity index (χ0n) is 9.91. The van der Waals surface area contributed by atoms with Crippen LogP contribution >= 0.6 is 25.3 Å². The number of thiol groups is 2. The van der Waals surface area contributed by atoms with Crippen molar-refractivity contribution in [3.8, 4) is 23.0 Å². The summed E-state index contributed by atoms with van der Waals surface area (Å²) in [5.41, 5.74) is 0.998. The molecule has 0 aliphatic carbocycles. The van der Waals surface area contributed by atoms with E-state index in [1.54, 1.807) is 24.5 Å². The second kappa shape index (κ2) is 5.47. The lowest BCUT2D eigenvalue weighted by molar-refractivity contribution is 0.854. The number of pyridine rings is 1. The maximum absolute atomic E-state index is 4.29. The van der Waals surface area contributed by atoms with Crippen molar-refractivity contribution < 1.29 is 0 Å². The van der Waals surface area contributed by atoms with Crippen molar-refractivity contribution in [1.29, 1.82) is 0 Å². The van der Waals surface area contributed by atoms with Gasteiger partial charge in [0, 0.05) is 17.3 Å². The Labute approximate surface area is 124 Å². The fourth-order valence-corrected chi connectivity index (χ4v) is 1.95. The zero-order valence-corrected chi connectivity index (χ0v) is 11.7. The van der Waals surface area contributed by atoms with Crippen LogP contribution in [0.25, 0.3) is 23.0 Å². The van der Waals surface area contributed by atoms with Gasteiger partial charge in [0.2, 0.25) is 11.6 Å². The van der Waals surface area contributed by atoms with Gasteiger partial charge >= 0.3 is 0 Å². The smallest absolute Gasteiger partial charge is 0.223 e. The van der Waals surface area contributed by atoms with Crippen molar-refractivity contribution in [3.63, 3.8) is 0 Å². The molecule has 0 aromatic carbocycles. The summed E-state index contributed by atoms with van der Waals surface area (Å²) in [5, 5.41) is 16.0. The van der Waals surface area contributed by atoms with Crippen LogP contribution in [0.5, 0.6) is 0 Å². The molecule has 3 rings (SSSR count). The Morgan fingerprint density at radius 3 is 2.05 bits per heavy atom. The van der Waals surface area contributed by atoms with Gasteiger partial charge < -0.3 is 0 Å². The van der Waals surface area contributed by atoms with Gasteiger partial charge in [0.15, 0.2) is 0 Å². The molecule has 0 saturated carbocycles. The van der Waals surface area contributed by atoms with Crippen LogP contribution in [0.15, 0.2) is 40.6 Å². The minimum absolute atomic E-state index is 0.276. The molecule has 0 fully saturated rings. The zero-order chi connectivity index (χ0) is 13.9. The van der Waals surface area contributed by atoms with Crippen LogP contribution in [-0.2, 0) is 0 Å². The first kappa shape index (κ1) is 12.9. The third kappa shape index (κ3) is 2.45. The molecule has 0 saturated heterocycles. The number of aromatic nitrogens is 7. The second-order valence-corrected chi connectivity index (χ2v) is 4.64. The van der Waals surface area contributed by atoms with Gasteiger partial charge in [-0.15, -0.1) is 45.7 Å². The molecule has 98 valence electrons. The van der Waals surface area contributed by atoms with E-state index in [0.29, 0.717) is 27.0 Å². The summed E-state index contributed by atoms with van der Waals surface area (Å²) in [5.74, 6) is 0.576. The van der Waals surface area contributed by atoms with E-state index in [9.17, 15) is 0 Å². The fourth-order valence-electron chi connectivity index (χ4n) is 1.48. The van der Waals surface area contributed by atoms with Crippen molar-refractivity contribution in [1.82, 2.24) is 35.3 Å². The van der Waals surface area contributed by atoms with Crippen LogP contribution in [0.4, 0.5) is 0 Å². The molecule has 0 aliphatic heterocycles. The van der Waals surface area contributed by atoms with Gasteiger partial charge in [0.1, 0.15) is 17.7 Å². The Morgan fingerprint density at radius 2 is 1.45 bits per heavy atom. The molecule has 0 atom stereocenters. The third-order valence-electron chi connectivity index (χ3n) is 2.38. The van der Waals surface area contributed by atoms with Crippen LogP contribution in [0.2, 0.25) is 0 Å². The molecule has 7 nitrogen and oxygen atoms in total. The first-order valence-corrected chi connectivity index (χ1v) is 6.36. The normalized spacial score (nSPS) is 10.5. The van der Waals surface area contributed by atoms with Crippen molar-refractivity contribution in [3.05, 3.63) is 30.9 Å². The largest absolute Gasteiger partial charge is 0.252 e. The number of hydrogen-bond acceptors (Lipinski definition) is 9. The Morgan fingerprint density at radius 1 is 0.800 bits per heavy atom. The summed E-state index contributed by atoms with van der Waals surface area (Å²) in [4.78, 5) is 13.2. The SMILES string of the molecule is Sc1cccnc1-c1nnc(-c2ncncc2S)nn1. The molecular formula is C11H7N7S2. The molecule has 9 heteroatoms. The lowest BCUT2D eigenvalue weighted by atomic mass is 10.3. The predicted molar refractivity (Wildman–Crippen MR) is 76.4 cm³/mol. The van der Waals surface area contributed by atoms with E-state index >= 15 is 0 Å². The molecular weight excluding hydrogens is 294 g/mol. The Hall–Kier alpha value is -2.13. The van der Waals surface area contributed by atoms with E-state index in [4.69, 9.17) is 0 Å². The van der Waals surface area contributed by atoms with E-state index in [0.717, 1.165) is 0 Å². The summed E-state index contributed by atoms with van der Waals surface area (Å²) in [6, 6.07) is 3.56. The van der Waals surface area contributed by atoms with E-state index < -0.39 is 0 Å². The first-order chi connectivity index (χ1) is 9.75. The fraction of sp³-hybridized carbons (Fsp3) is 0. The Kier molecular flexibility index (Phi) is 3.52. The maximum atomic E-state index is 4.29. The number of rotatable bonds is 2. The van der Waals surface area contributed by atoms with Gasteiger partial charge in [-0.05, 0) is 12.1 Å². The molecule has 0 bridgehead atoms. The third-order valence-corrected chi connectivity index (χ3v) is 3.07. The van der Waals surface area contributed by atoms with Gasteiger partial charge in [-0.3, -0.25) is 4.98 Å². The molecule has 3 aromatic heterocycles. The number of hydrogen-bond donors (Lipinski definition) is 2. The predicted octanol–water partition coefficient (Wildman–Crippen LogP) is 1.36. The molecule has 0 aliphatic rings.